The lowest BCUT2D eigenvalue weighted by Gasteiger charge is -2.17. The van der Waals surface area contributed by atoms with E-state index in [1.807, 2.05) is 18.2 Å². The van der Waals surface area contributed by atoms with E-state index >= 15 is 0 Å². The number of nitrogens with one attached hydrogen (secondary N) is 2. The molecular formula is C20H20N2OS. The maximum Gasteiger partial charge on any atom is 0.167 e. The molecule has 0 unspecified atom stereocenters. The van der Waals surface area contributed by atoms with Gasteiger partial charge in [-0.15, -0.1) is 0 Å². The number of furan rings is 1. The van der Waals surface area contributed by atoms with Crippen LogP contribution < -0.4 is 10.6 Å². The minimum atomic E-state index is 0.131. The third-order valence-electron chi connectivity index (χ3n) is 3.87. The van der Waals surface area contributed by atoms with Gasteiger partial charge in [0.1, 0.15) is 5.76 Å². The summed E-state index contributed by atoms with van der Waals surface area (Å²) in [5, 5.41) is 7.06. The Morgan fingerprint density at radius 2 is 1.67 bits per heavy atom. The first-order chi connectivity index (χ1) is 11.7. The summed E-state index contributed by atoms with van der Waals surface area (Å²) >= 11 is 5.34. The second kappa shape index (κ2) is 7.79. The molecule has 0 fully saturated rings. The summed E-state index contributed by atoms with van der Waals surface area (Å²) in [6, 6.07) is 22.8. The zero-order chi connectivity index (χ0) is 16.8. The second-order valence-corrected chi connectivity index (χ2v) is 6.02. The first kappa shape index (κ1) is 16.3. The third kappa shape index (κ3) is 4.24. The van der Waals surface area contributed by atoms with Crippen molar-refractivity contribution in [1.82, 2.24) is 10.6 Å². The van der Waals surface area contributed by atoms with Crippen molar-refractivity contribution >= 4 is 17.3 Å². The maximum atomic E-state index is 5.34. The molecular weight excluding hydrogens is 316 g/mol. The molecule has 0 aliphatic rings. The molecule has 0 saturated carbocycles. The highest BCUT2D eigenvalue weighted by molar-refractivity contribution is 7.80. The topological polar surface area (TPSA) is 37.2 Å². The van der Waals surface area contributed by atoms with Crippen molar-refractivity contribution in [3.05, 3.63) is 84.3 Å². The monoisotopic (exact) mass is 336 g/mol. The Labute approximate surface area is 147 Å². The van der Waals surface area contributed by atoms with E-state index in [-0.39, 0.29) is 6.04 Å². The summed E-state index contributed by atoms with van der Waals surface area (Å²) in [7, 11) is 0. The summed E-state index contributed by atoms with van der Waals surface area (Å²) in [5.41, 5.74) is 3.63. The number of hydrogen-bond acceptors (Lipinski definition) is 2. The average molecular weight is 336 g/mol. The van der Waals surface area contributed by atoms with E-state index in [1.54, 1.807) is 6.26 Å². The first-order valence-electron chi connectivity index (χ1n) is 7.94. The molecule has 1 heterocycles. The third-order valence-corrected chi connectivity index (χ3v) is 4.13. The van der Waals surface area contributed by atoms with E-state index in [0.29, 0.717) is 11.7 Å². The fourth-order valence-corrected chi connectivity index (χ4v) is 2.76. The van der Waals surface area contributed by atoms with Gasteiger partial charge >= 0.3 is 0 Å². The van der Waals surface area contributed by atoms with Crippen molar-refractivity contribution in [3.63, 3.8) is 0 Å². The summed E-state index contributed by atoms with van der Waals surface area (Å²) in [5.74, 6) is 0.860. The molecule has 3 nitrogen and oxygen atoms in total. The van der Waals surface area contributed by atoms with Gasteiger partial charge in [-0.25, -0.2) is 0 Å². The van der Waals surface area contributed by atoms with E-state index in [4.69, 9.17) is 16.6 Å². The molecule has 0 aliphatic carbocycles. The molecule has 122 valence electrons. The molecule has 1 atom stereocenters. The normalized spacial score (nSPS) is 11.7. The fraction of sp³-hybridized carbons (Fsp3) is 0.150. The van der Waals surface area contributed by atoms with Crippen molar-refractivity contribution < 1.29 is 4.42 Å². The summed E-state index contributed by atoms with van der Waals surface area (Å²) in [6.45, 7) is 2.68. The molecule has 4 heteroatoms. The zero-order valence-electron chi connectivity index (χ0n) is 13.5. The van der Waals surface area contributed by atoms with Gasteiger partial charge in [0.15, 0.2) is 5.11 Å². The van der Waals surface area contributed by atoms with Crippen LogP contribution in [0, 0.1) is 0 Å². The van der Waals surface area contributed by atoms with Gasteiger partial charge in [-0.1, -0.05) is 54.6 Å². The van der Waals surface area contributed by atoms with Gasteiger partial charge in [0.25, 0.3) is 0 Å². The lowest BCUT2D eigenvalue weighted by Crippen LogP contribution is -2.36. The predicted molar refractivity (Wildman–Crippen MR) is 102 cm³/mol. The SMILES string of the molecule is C[C@@H](NC(=S)NCc1ccco1)c1ccc(-c2ccccc2)cc1. The van der Waals surface area contributed by atoms with Crippen LogP contribution in [0.4, 0.5) is 0 Å². The standard InChI is InChI=1S/C20H20N2OS/c1-15(22-20(24)21-14-19-8-5-13-23-19)16-9-11-18(12-10-16)17-6-3-2-4-7-17/h2-13,15H,14H2,1H3,(H2,21,22,24)/t15-/m1/s1. The molecule has 0 spiro atoms. The van der Waals surface area contributed by atoms with Crippen molar-refractivity contribution in [2.45, 2.75) is 19.5 Å². The zero-order valence-corrected chi connectivity index (χ0v) is 14.3. The lowest BCUT2D eigenvalue weighted by molar-refractivity contribution is 0.501. The van der Waals surface area contributed by atoms with Gasteiger partial charge in [-0.3, -0.25) is 0 Å². The van der Waals surface area contributed by atoms with E-state index in [2.05, 4.69) is 66.1 Å². The highest BCUT2D eigenvalue weighted by atomic mass is 32.1. The van der Waals surface area contributed by atoms with Crippen molar-refractivity contribution in [3.8, 4) is 11.1 Å². The minimum Gasteiger partial charge on any atom is -0.467 e. The van der Waals surface area contributed by atoms with Crippen LogP contribution in [-0.4, -0.2) is 5.11 Å². The Bertz CT molecular complexity index is 767. The second-order valence-electron chi connectivity index (χ2n) is 5.62. The first-order valence-corrected chi connectivity index (χ1v) is 8.35. The van der Waals surface area contributed by atoms with E-state index in [0.717, 1.165) is 5.76 Å². The predicted octanol–water partition coefficient (Wildman–Crippen LogP) is 4.67. The molecule has 1 aromatic heterocycles. The fourth-order valence-electron chi connectivity index (χ4n) is 2.51. The molecule has 0 saturated heterocycles. The van der Waals surface area contributed by atoms with Crippen molar-refractivity contribution in [2.75, 3.05) is 0 Å². The molecule has 2 aromatic carbocycles. The number of rotatable bonds is 5. The summed E-state index contributed by atoms with van der Waals surface area (Å²) < 4.78 is 5.28. The van der Waals surface area contributed by atoms with Crippen LogP contribution in [0.2, 0.25) is 0 Å². The van der Waals surface area contributed by atoms with Crippen LogP contribution in [-0.2, 0) is 6.54 Å². The van der Waals surface area contributed by atoms with Crippen LogP contribution in [0.25, 0.3) is 11.1 Å². The Morgan fingerprint density at radius 3 is 2.33 bits per heavy atom. The molecule has 0 aliphatic heterocycles. The number of benzene rings is 2. The number of hydrogen-bond donors (Lipinski definition) is 2. The van der Waals surface area contributed by atoms with Gasteiger partial charge in [0.05, 0.1) is 18.8 Å². The highest BCUT2D eigenvalue weighted by Crippen LogP contribution is 2.21. The van der Waals surface area contributed by atoms with Crippen LogP contribution in [0.15, 0.2) is 77.4 Å². The van der Waals surface area contributed by atoms with Gasteiger partial charge in [-0.2, -0.15) is 0 Å². The quantitative estimate of drug-likeness (QED) is 0.664. The van der Waals surface area contributed by atoms with Crippen LogP contribution in [0.3, 0.4) is 0 Å². The van der Waals surface area contributed by atoms with Gasteiger partial charge in [0, 0.05) is 0 Å². The largest absolute Gasteiger partial charge is 0.467 e. The molecule has 0 radical (unpaired) electrons. The van der Waals surface area contributed by atoms with E-state index in [9.17, 15) is 0 Å². The molecule has 24 heavy (non-hydrogen) atoms. The average Bonchev–Trinajstić information content (AvgIpc) is 3.14. The summed E-state index contributed by atoms with van der Waals surface area (Å²) in [4.78, 5) is 0. The smallest absolute Gasteiger partial charge is 0.167 e. The molecule has 3 aromatic rings. The Kier molecular flexibility index (Phi) is 5.29. The van der Waals surface area contributed by atoms with Gasteiger partial charge in [-0.05, 0) is 48.0 Å². The van der Waals surface area contributed by atoms with Crippen LogP contribution >= 0.6 is 12.2 Å². The van der Waals surface area contributed by atoms with Crippen LogP contribution in [0.5, 0.6) is 0 Å². The minimum absolute atomic E-state index is 0.131. The van der Waals surface area contributed by atoms with Crippen molar-refractivity contribution in [2.24, 2.45) is 0 Å². The van der Waals surface area contributed by atoms with Gasteiger partial charge < -0.3 is 15.1 Å². The molecule has 2 N–H and O–H groups in total. The lowest BCUT2D eigenvalue weighted by atomic mass is 10.0. The maximum absolute atomic E-state index is 5.34. The van der Waals surface area contributed by atoms with E-state index < -0.39 is 0 Å². The Balaban J connectivity index is 1.56. The molecule has 3 rings (SSSR count). The van der Waals surface area contributed by atoms with Gasteiger partial charge in [0.2, 0.25) is 0 Å². The molecule has 0 amide bonds. The number of thiocarbonyl (C=S) groups is 1. The Hall–Kier alpha value is -2.59. The van der Waals surface area contributed by atoms with Crippen LogP contribution in [0.1, 0.15) is 24.3 Å². The Morgan fingerprint density at radius 1 is 0.958 bits per heavy atom. The van der Waals surface area contributed by atoms with Crippen molar-refractivity contribution in [1.29, 1.82) is 0 Å². The van der Waals surface area contributed by atoms with E-state index in [1.165, 1.54) is 16.7 Å². The highest BCUT2D eigenvalue weighted by Gasteiger charge is 2.07. The summed E-state index contributed by atoms with van der Waals surface area (Å²) in [6.07, 6.45) is 1.66. The molecule has 0 bridgehead atoms.